The fraction of sp³-hybridized carbons (Fsp3) is 1.00. The molecular formula is C13H29N3O. The highest BCUT2D eigenvalue weighted by atomic mass is 16.5. The maximum absolute atomic E-state index is 6.02. The smallest absolute Gasteiger partial charge is 0.0658 e. The van der Waals surface area contributed by atoms with Gasteiger partial charge in [0.2, 0.25) is 0 Å². The van der Waals surface area contributed by atoms with Gasteiger partial charge in [-0.1, -0.05) is 13.8 Å². The van der Waals surface area contributed by atoms with Gasteiger partial charge in [0.15, 0.2) is 0 Å². The van der Waals surface area contributed by atoms with Crippen molar-refractivity contribution in [2.24, 2.45) is 5.73 Å². The van der Waals surface area contributed by atoms with Crippen molar-refractivity contribution in [3.8, 4) is 0 Å². The van der Waals surface area contributed by atoms with Crippen LogP contribution in [0.4, 0.5) is 0 Å². The molecule has 0 saturated carbocycles. The quantitative estimate of drug-likeness (QED) is 0.748. The zero-order valence-corrected chi connectivity index (χ0v) is 11.9. The van der Waals surface area contributed by atoms with Crippen molar-refractivity contribution in [2.75, 3.05) is 46.9 Å². The highest BCUT2D eigenvalue weighted by Gasteiger charge is 2.37. The third-order valence-electron chi connectivity index (χ3n) is 4.37. The minimum absolute atomic E-state index is 0.0312. The molecule has 1 heterocycles. The summed E-state index contributed by atoms with van der Waals surface area (Å²) in [6.45, 7) is 9.23. The van der Waals surface area contributed by atoms with Gasteiger partial charge < -0.3 is 15.4 Å². The summed E-state index contributed by atoms with van der Waals surface area (Å²) in [5.74, 6) is 0. The van der Waals surface area contributed by atoms with Gasteiger partial charge in [-0.2, -0.15) is 0 Å². The predicted octanol–water partition coefficient (Wildman–Crippen LogP) is 0.766. The van der Waals surface area contributed by atoms with Crippen LogP contribution < -0.4 is 5.73 Å². The van der Waals surface area contributed by atoms with Crippen molar-refractivity contribution in [1.29, 1.82) is 0 Å². The van der Waals surface area contributed by atoms with Crippen LogP contribution in [0.25, 0.3) is 0 Å². The number of nitrogens with zero attached hydrogens (tertiary/aromatic N) is 2. The summed E-state index contributed by atoms with van der Waals surface area (Å²) in [5, 5.41) is 0. The first-order chi connectivity index (χ1) is 8.13. The van der Waals surface area contributed by atoms with E-state index in [1.807, 2.05) is 0 Å². The van der Waals surface area contributed by atoms with E-state index < -0.39 is 0 Å². The molecule has 1 aliphatic heterocycles. The van der Waals surface area contributed by atoms with Crippen LogP contribution in [0.3, 0.4) is 0 Å². The van der Waals surface area contributed by atoms with E-state index in [4.69, 9.17) is 10.5 Å². The van der Waals surface area contributed by atoms with E-state index in [1.165, 1.54) is 6.42 Å². The van der Waals surface area contributed by atoms with Gasteiger partial charge in [0.25, 0.3) is 0 Å². The monoisotopic (exact) mass is 243 g/mol. The number of hydrogen-bond acceptors (Lipinski definition) is 4. The molecule has 0 aromatic carbocycles. The Morgan fingerprint density at radius 2 is 2.06 bits per heavy atom. The summed E-state index contributed by atoms with van der Waals surface area (Å²) in [6, 6.07) is 0.651. The lowest BCUT2D eigenvalue weighted by Crippen LogP contribution is -2.64. The standard InChI is InChI=1S/C13H29N3O/c1-5-12-9-16(8-7-15(12)3)13(6-2,10-14)11-17-4/h12H,5-11,14H2,1-4H3. The number of nitrogens with two attached hydrogens (primary N) is 1. The molecule has 0 bridgehead atoms. The van der Waals surface area contributed by atoms with Crippen LogP contribution in [0.5, 0.6) is 0 Å². The second-order valence-electron chi connectivity index (χ2n) is 5.20. The zero-order valence-electron chi connectivity index (χ0n) is 11.9. The Labute approximate surface area is 106 Å². The number of hydrogen-bond donors (Lipinski definition) is 1. The SMILES string of the molecule is CCC1CN(C(CC)(CN)COC)CCN1C. The van der Waals surface area contributed by atoms with Crippen molar-refractivity contribution < 1.29 is 4.74 Å². The summed E-state index contributed by atoms with van der Waals surface area (Å²) < 4.78 is 5.40. The van der Waals surface area contributed by atoms with Crippen LogP contribution in [0, 0.1) is 0 Å². The normalized spacial score (nSPS) is 27.0. The van der Waals surface area contributed by atoms with Crippen LogP contribution in [-0.2, 0) is 4.74 Å². The first-order valence-electron chi connectivity index (χ1n) is 6.77. The maximum atomic E-state index is 6.02. The lowest BCUT2D eigenvalue weighted by Gasteiger charge is -2.49. The van der Waals surface area contributed by atoms with Crippen LogP contribution in [-0.4, -0.2) is 68.3 Å². The minimum Gasteiger partial charge on any atom is -0.383 e. The molecule has 2 atom stereocenters. The molecule has 2 N–H and O–H groups in total. The Morgan fingerprint density at radius 1 is 1.35 bits per heavy atom. The van der Waals surface area contributed by atoms with Gasteiger partial charge >= 0.3 is 0 Å². The number of rotatable bonds is 6. The Bertz CT molecular complexity index is 219. The van der Waals surface area contributed by atoms with Crippen molar-refractivity contribution in [3.63, 3.8) is 0 Å². The highest BCUT2D eigenvalue weighted by molar-refractivity contribution is 4.95. The predicted molar refractivity (Wildman–Crippen MR) is 72.2 cm³/mol. The summed E-state index contributed by atoms with van der Waals surface area (Å²) in [7, 11) is 3.99. The average Bonchev–Trinajstić information content (AvgIpc) is 2.37. The second-order valence-corrected chi connectivity index (χ2v) is 5.20. The number of methoxy groups -OCH3 is 1. The van der Waals surface area contributed by atoms with Gasteiger partial charge in [0, 0.05) is 39.3 Å². The lowest BCUT2D eigenvalue weighted by atomic mass is 9.92. The molecule has 0 radical (unpaired) electrons. The van der Waals surface area contributed by atoms with Gasteiger partial charge in [-0.15, -0.1) is 0 Å². The van der Waals surface area contributed by atoms with Gasteiger partial charge in [-0.05, 0) is 19.9 Å². The molecule has 2 unspecified atom stereocenters. The van der Waals surface area contributed by atoms with Crippen LogP contribution in [0.1, 0.15) is 26.7 Å². The third kappa shape index (κ3) is 3.19. The van der Waals surface area contributed by atoms with Gasteiger partial charge in [0.1, 0.15) is 0 Å². The largest absolute Gasteiger partial charge is 0.383 e. The van der Waals surface area contributed by atoms with Crippen LogP contribution >= 0.6 is 0 Å². The third-order valence-corrected chi connectivity index (χ3v) is 4.37. The van der Waals surface area contributed by atoms with Crippen LogP contribution in [0.2, 0.25) is 0 Å². The molecule has 0 aliphatic carbocycles. The van der Waals surface area contributed by atoms with Crippen molar-refractivity contribution in [2.45, 2.75) is 38.3 Å². The molecule has 17 heavy (non-hydrogen) atoms. The average molecular weight is 243 g/mol. The fourth-order valence-electron chi connectivity index (χ4n) is 2.84. The van der Waals surface area contributed by atoms with E-state index in [0.717, 1.165) is 32.7 Å². The van der Waals surface area contributed by atoms with E-state index >= 15 is 0 Å². The highest BCUT2D eigenvalue weighted by Crippen LogP contribution is 2.23. The summed E-state index contributed by atoms with van der Waals surface area (Å²) in [5.41, 5.74) is 6.05. The van der Waals surface area contributed by atoms with Gasteiger partial charge in [-0.25, -0.2) is 0 Å². The lowest BCUT2D eigenvalue weighted by molar-refractivity contribution is -0.0306. The van der Waals surface area contributed by atoms with Crippen LogP contribution in [0.15, 0.2) is 0 Å². The molecule has 1 saturated heterocycles. The molecule has 0 spiro atoms. The molecule has 0 amide bonds. The molecule has 4 nitrogen and oxygen atoms in total. The molecule has 0 aromatic rings. The topological polar surface area (TPSA) is 41.7 Å². The second kappa shape index (κ2) is 6.69. The minimum atomic E-state index is 0.0312. The Hall–Kier alpha value is -0.160. The van der Waals surface area contributed by atoms with Gasteiger partial charge in [-0.3, -0.25) is 4.90 Å². The first kappa shape index (κ1) is 14.9. The number of ether oxygens (including phenoxy) is 1. The fourth-order valence-corrected chi connectivity index (χ4v) is 2.84. The van der Waals surface area contributed by atoms with Crippen molar-refractivity contribution in [1.82, 2.24) is 9.80 Å². The first-order valence-corrected chi connectivity index (χ1v) is 6.77. The molecule has 1 fully saturated rings. The van der Waals surface area contributed by atoms with Crippen molar-refractivity contribution in [3.05, 3.63) is 0 Å². The van der Waals surface area contributed by atoms with E-state index in [1.54, 1.807) is 7.11 Å². The summed E-state index contributed by atoms with van der Waals surface area (Å²) >= 11 is 0. The molecule has 102 valence electrons. The molecule has 4 heteroatoms. The molecule has 1 rings (SSSR count). The van der Waals surface area contributed by atoms with E-state index in [0.29, 0.717) is 12.6 Å². The van der Waals surface area contributed by atoms with E-state index in [2.05, 4.69) is 30.7 Å². The Morgan fingerprint density at radius 3 is 2.53 bits per heavy atom. The maximum Gasteiger partial charge on any atom is 0.0658 e. The molecular weight excluding hydrogens is 214 g/mol. The summed E-state index contributed by atoms with van der Waals surface area (Å²) in [4.78, 5) is 5.00. The molecule has 0 aromatic heterocycles. The van der Waals surface area contributed by atoms with E-state index in [9.17, 15) is 0 Å². The summed E-state index contributed by atoms with van der Waals surface area (Å²) in [6.07, 6.45) is 2.25. The zero-order chi connectivity index (χ0) is 12.9. The number of piperazine rings is 1. The van der Waals surface area contributed by atoms with Gasteiger partial charge in [0.05, 0.1) is 12.1 Å². The Kier molecular flexibility index (Phi) is 5.86. The van der Waals surface area contributed by atoms with Crippen molar-refractivity contribution >= 4 is 0 Å². The van der Waals surface area contributed by atoms with E-state index in [-0.39, 0.29) is 5.54 Å². The molecule has 1 aliphatic rings. The number of likely N-dealkylation sites (N-methyl/N-ethyl adjacent to an activating group) is 1. The Balaban J connectivity index is 2.74.